The monoisotopic (exact) mass is 436 g/mol. The molecule has 0 fully saturated rings. The zero-order valence-corrected chi connectivity index (χ0v) is 18.9. The van der Waals surface area contributed by atoms with Crippen molar-refractivity contribution >= 4 is 21.6 Å². The largest absolute Gasteiger partial charge is 0.345 e. The second-order valence-corrected chi connectivity index (χ2v) is 9.47. The molecule has 0 unspecified atom stereocenters. The molecule has 0 aliphatic heterocycles. The van der Waals surface area contributed by atoms with E-state index in [1.54, 1.807) is 24.3 Å². The normalized spacial score (nSPS) is 12.2. The molecule has 0 bridgehead atoms. The van der Waals surface area contributed by atoms with Crippen LogP contribution in [0, 0.1) is 0 Å². The van der Waals surface area contributed by atoms with E-state index in [4.69, 9.17) is 0 Å². The van der Waals surface area contributed by atoms with Gasteiger partial charge in [-0.2, -0.15) is 0 Å². The maximum Gasteiger partial charge on any atom is 0.253 e. The van der Waals surface area contributed by atoms with Gasteiger partial charge in [-0.1, -0.05) is 73.7 Å². The second-order valence-electron chi connectivity index (χ2n) is 7.56. The lowest BCUT2D eigenvalue weighted by Gasteiger charge is -2.25. The Labute approximate surface area is 184 Å². The van der Waals surface area contributed by atoms with E-state index in [-0.39, 0.29) is 18.5 Å². The molecule has 1 amide bonds. The first-order chi connectivity index (χ1) is 14.8. The minimum atomic E-state index is -3.61. The summed E-state index contributed by atoms with van der Waals surface area (Å²) in [5.74, 6) is -0.315. The Morgan fingerprint density at radius 1 is 0.903 bits per heavy atom. The Morgan fingerprint density at radius 2 is 1.52 bits per heavy atom. The maximum atomic E-state index is 13.1. The van der Waals surface area contributed by atoms with Crippen molar-refractivity contribution in [2.45, 2.75) is 32.9 Å². The van der Waals surface area contributed by atoms with Gasteiger partial charge in [0, 0.05) is 0 Å². The van der Waals surface area contributed by atoms with Crippen LogP contribution in [0.5, 0.6) is 0 Å². The third-order valence-electron chi connectivity index (χ3n) is 5.22. The summed E-state index contributed by atoms with van der Waals surface area (Å²) in [6.07, 6.45) is 2.11. The van der Waals surface area contributed by atoms with Crippen LogP contribution in [0.4, 0.5) is 5.69 Å². The summed E-state index contributed by atoms with van der Waals surface area (Å²) in [5, 5.41) is 3.00. The van der Waals surface area contributed by atoms with Crippen LogP contribution in [0.15, 0.2) is 78.9 Å². The highest BCUT2D eigenvalue weighted by Crippen LogP contribution is 2.26. The fourth-order valence-electron chi connectivity index (χ4n) is 3.41. The zero-order valence-electron chi connectivity index (χ0n) is 18.1. The Bertz CT molecular complexity index is 1130. The number of rotatable bonds is 8. The van der Waals surface area contributed by atoms with Crippen molar-refractivity contribution in [2.24, 2.45) is 0 Å². The van der Waals surface area contributed by atoms with Crippen LogP contribution in [-0.2, 0) is 23.0 Å². The van der Waals surface area contributed by atoms with Gasteiger partial charge in [0.2, 0.25) is 10.0 Å². The zero-order chi connectivity index (χ0) is 22.4. The SMILES string of the molecule is CCc1ccc([C@H](C)NC(=O)c2ccccc2N(Cc2ccccc2)S(C)(=O)=O)cc1. The molecule has 1 atom stereocenters. The van der Waals surface area contributed by atoms with Crippen molar-refractivity contribution < 1.29 is 13.2 Å². The number of sulfonamides is 1. The van der Waals surface area contributed by atoms with Crippen LogP contribution in [-0.4, -0.2) is 20.6 Å². The van der Waals surface area contributed by atoms with E-state index in [2.05, 4.69) is 24.4 Å². The third kappa shape index (κ3) is 5.73. The quantitative estimate of drug-likeness (QED) is 0.556. The van der Waals surface area contributed by atoms with Crippen molar-refractivity contribution in [1.29, 1.82) is 0 Å². The van der Waals surface area contributed by atoms with Gasteiger partial charge < -0.3 is 5.32 Å². The number of anilines is 1. The number of nitrogens with one attached hydrogen (secondary N) is 1. The molecule has 0 aliphatic rings. The van der Waals surface area contributed by atoms with E-state index in [0.29, 0.717) is 11.3 Å². The van der Waals surface area contributed by atoms with Crippen LogP contribution >= 0.6 is 0 Å². The van der Waals surface area contributed by atoms with E-state index < -0.39 is 10.0 Å². The number of amides is 1. The number of carbonyl (C=O) groups excluding carboxylic acids is 1. The summed E-state index contributed by atoms with van der Waals surface area (Å²) in [6.45, 7) is 4.16. The van der Waals surface area contributed by atoms with Crippen molar-refractivity contribution in [3.05, 3.63) is 101 Å². The molecule has 0 saturated carbocycles. The first-order valence-corrected chi connectivity index (χ1v) is 12.1. The Balaban J connectivity index is 1.88. The maximum absolute atomic E-state index is 13.1. The summed E-state index contributed by atoms with van der Waals surface area (Å²) >= 11 is 0. The van der Waals surface area contributed by atoms with Gasteiger partial charge in [-0.05, 0) is 42.2 Å². The molecule has 0 heterocycles. The molecule has 6 heteroatoms. The first kappa shape index (κ1) is 22.6. The molecule has 3 aromatic rings. The molecule has 0 radical (unpaired) electrons. The molecular formula is C25H28N2O3S. The minimum Gasteiger partial charge on any atom is -0.345 e. The Morgan fingerprint density at radius 3 is 2.13 bits per heavy atom. The molecule has 0 aromatic heterocycles. The summed E-state index contributed by atoms with van der Waals surface area (Å²) in [7, 11) is -3.61. The Kier molecular flexibility index (Phi) is 7.13. The van der Waals surface area contributed by atoms with Crippen molar-refractivity contribution in [3.63, 3.8) is 0 Å². The smallest absolute Gasteiger partial charge is 0.253 e. The van der Waals surface area contributed by atoms with Crippen LogP contribution in [0.2, 0.25) is 0 Å². The molecule has 5 nitrogen and oxygen atoms in total. The summed E-state index contributed by atoms with van der Waals surface area (Å²) < 4.78 is 26.5. The van der Waals surface area contributed by atoms with Gasteiger partial charge in [-0.25, -0.2) is 8.42 Å². The van der Waals surface area contributed by atoms with Gasteiger partial charge in [0.15, 0.2) is 0 Å². The molecule has 0 saturated heterocycles. The fourth-order valence-corrected chi connectivity index (χ4v) is 4.31. The minimum absolute atomic E-state index is 0.151. The number of benzene rings is 3. The van der Waals surface area contributed by atoms with Crippen molar-refractivity contribution in [2.75, 3.05) is 10.6 Å². The average Bonchev–Trinajstić information content (AvgIpc) is 2.77. The molecule has 0 aliphatic carbocycles. The van der Waals surface area contributed by atoms with Crippen LogP contribution in [0.1, 0.15) is 46.9 Å². The molecule has 3 aromatic carbocycles. The Hall–Kier alpha value is -3.12. The number of nitrogens with zero attached hydrogens (tertiary/aromatic N) is 1. The molecule has 31 heavy (non-hydrogen) atoms. The fraction of sp³-hybridized carbons (Fsp3) is 0.240. The lowest BCUT2D eigenvalue weighted by atomic mass is 10.0. The number of hydrogen-bond acceptors (Lipinski definition) is 3. The van der Waals surface area contributed by atoms with E-state index in [1.807, 2.05) is 49.4 Å². The van der Waals surface area contributed by atoms with E-state index >= 15 is 0 Å². The highest BCUT2D eigenvalue weighted by atomic mass is 32.2. The van der Waals surface area contributed by atoms with Crippen LogP contribution in [0.3, 0.4) is 0 Å². The van der Waals surface area contributed by atoms with E-state index in [0.717, 1.165) is 23.8 Å². The number of aryl methyl sites for hydroxylation is 1. The lowest BCUT2D eigenvalue weighted by molar-refractivity contribution is 0.0940. The lowest BCUT2D eigenvalue weighted by Crippen LogP contribution is -2.33. The number of hydrogen-bond donors (Lipinski definition) is 1. The molecule has 162 valence electrons. The summed E-state index contributed by atoms with van der Waals surface area (Å²) in [4.78, 5) is 13.1. The van der Waals surface area contributed by atoms with E-state index in [1.165, 1.54) is 9.87 Å². The highest BCUT2D eigenvalue weighted by Gasteiger charge is 2.24. The van der Waals surface area contributed by atoms with Crippen molar-refractivity contribution in [1.82, 2.24) is 5.32 Å². The third-order valence-corrected chi connectivity index (χ3v) is 6.35. The number of carbonyl (C=O) groups is 1. The topological polar surface area (TPSA) is 66.5 Å². The van der Waals surface area contributed by atoms with Crippen LogP contribution in [0.25, 0.3) is 0 Å². The van der Waals surface area contributed by atoms with E-state index in [9.17, 15) is 13.2 Å². The first-order valence-electron chi connectivity index (χ1n) is 10.3. The van der Waals surface area contributed by atoms with Gasteiger partial charge in [0.1, 0.15) is 0 Å². The predicted molar refractivity (Wildman–Crippen MR) is 126 cm³/mol. The summed E-state index contributed by atoms with van der Waals surface area (Å²) in [5.41, 5.74) is 3.75. The van der Waals surface area contributed by atoms with Gasteiger partial charge in [-0.3, -0.25) is 9.10 Å². The predicted octanol–water partition coefficient (Wildman–Crippen LogP) is 4.71. The molecule has 0 spiro atoms. The highest BCUT2D eigenvalue weighted by molar-refractivity contribution is 7.92. The van der Waals surface area contributed by atoms with Crippen molar-refractivity contribution in [3.8, 4) is 0 Å². The van der Waals surface area contributed by atoms with Crippen LogP contribution < -0.4 is 9.62 Å². The number of para-hydroxylation sites is 1. The molecule has 3 rings (SSSR count). The second kappa shape index (κ2) is 9.79. The van der Waals surface area contributed by atoms with Gasteiger partial charge in [-0.15, -0.1) is 0 Å². The summed E-state index contributed by atoms with van der Waals surface area (Å²) in [6, 6.07) is 24.0. The molecular weight excluding hydrogens is 408 g/mol. The molecule has 1 N–H and O–H groups in total. The van der Waals surface area contributed by atoms with Gasteiger partial charge >= 0.3 is 0 Å². The average molecular weight is 437 g/mol. The standard InChI is InChI=1S/C25H28N2O3S/c1-4-20-14-16-22(17-15-20)19(2)26-25(28)23-12-8-9-13-24(23)27(31(3,29)30)18-21-10-6-5-7-11-21/h5-17,19H,4,18H2,1-3H3,(H,26,28)/t19-/m0/s1. The van der Waals surface area contributed by atoms with Gasteiger partial charge in [0.05, 0.1) is 30.1 Å². The van der Waals surface area contributed by atoms with Gasteiger partial charge in [0.25, 0.3) is 5.91 Å².